The van der Waals surface area contributed by atoms with Gasteiger partial charge in [-0.1, -0.05) is 112 Å². The van der Waals surface area contributed by atoms with Crippen LogP contribution in [0, 0.1) is 5.41 Å². The van der Waals surface area contributed by atoms with Crippen molar-refractivity contribution >= 4 is 16.6 Å². The van der Waals surface area contributed by atoms with E-state index in [2.05, 4.69) is 120 Å². The van der Waals surface area contributed by atoms with Crippen molar-refractivity contribution in [1.82, 2.24) is 0 Å². The lowest BCUT2D eigenvalue weighted by molar-refractivity contribution is 0.179. The largest absolute Gasteiger partial charge is 0.413 e. The van der Waals surface area contributed by atoms with Crippen LogP contribution >= 0.6 is 0 Å². The lowest BCUT2D eigenvalue weighted by Gasteiger charge is -2.43. The molecule has 1 aromatic rings. The highest BCUT2D eigenvalue weighted by atomic mass is 28.4. The van der Waals surface area contributed by atoms with Gasteiger partial charge in [-0.3, -0.25) is 0 Å². The molecule has 0 radical (unpaired) electrons. The molecule has 1 atom stereocenters. The maximum atomic E-state index is 11.9. The second kappa shape index (κ2) is 12.3. The minimum absolute atomic E-state index is 0.165. The molecule has 0 saturated heterocycles. The molecule has 0 saturated carbocycles. The van der Waals surface area contributed by atoms with Gasteiger partial charge in [-0.05, 0) is 70.4 Å². The minimum atomic E-state index is -2.02. The van der Waals surface area contributed by atoms with Crippen LogP contribution in [0.2, 0.25) is 34.8 Å². The molecular weight excluding hydrogens is 501 g/mol. The minimum Gasteiger partial charge on any atom is -0.413 e. The topological polar surface area (TPSA) is 38.7 Å². The van der Waals surface area contributed by atoms with E-state index < -0.39 is 22.7 Å². The Bertz CT molecular complexity index is 988. The van der Waals surface area contributed by atoms with Crippen LogP contribution in [-0.4, -0.2) is 28.3 Å². The van der Waals surface area contributed by atoms with Crippen molar-refractivity contribution in [3.8, 4) is 0 Å². The first-order valence-corrected chi connectivity index (χ1v) is 19.8. The van der Waals surface area contributed by atoms with Gasteiger partial charge in [0.2, 0.25) is 8.32 Å². The van der Waals surface area contributed by atoms with E-state index in [1.165, 1.54) is 11.1 Å². The molecule has 0 aromatic heterocycles. The first kappa shape index (κ1) is 33.2. The van der Waals surface area contributed by atoms with Gasteiger partial charge < -0.3 is 14.0 Å². The third-order valence-electron chi connectivity index (χ3n) is 9.83. The lowest BCUT2D eigenvalue weighted by atomic mass is 9.68. The van der Waals surface area contributed by atoms with Gasteiger partial charge in [0.1, 0.15) is 6.10 Å². The Morgan fingerprint density at radius 2 is 1.42 bits per heavy atom. The third kappa shape index (κ3) is 6.66. The Hall–Kier alpha value is -0.986. The van der Waals surface area contributed by atoms with Crippen molar-refractivity contribution in [2.24, 2.45) is 5.41 Å². The zero-order chi connectivity index (χ0) is 29.3. The molecule has 0 aliphatic heterocycles. The molecule has 216 valence electrons. The summed E-state index contributed by atoms with van der Waals surface area (Å²) in [6.07, 6.45) is 2.44. The SMILES string of the molecule is CC1=C(CO[Si](C)(C)C(C)(C)C)C(C)(C)C(C(O)c2ccccc2CO[Si](C(C)C)(C(C)C)C(C)C)=CC1. The van der Waals surface area contributed by atoms with E-state index in [-0.39, 0.29) is 10.5 Å². The van der Waals surface area contributed by atoms with Crippen molar-refractivity contribution < 1.29 is 14.0 Å². The first-order valence-electron chi connectivity index (χ1n) is 14.7. The van der Waals surface area contributed by atoms with Crippen LogP contribution in [0.1, 0.15) is 107 Å². The molecule has 0 heterocycles. The molecule has 1 unspecified atom stereocenters. The van der Waals surface area contributed by atoms with Crippen LogP contribution in [0.15, 0.2) is 47.1 Å². The van der Waals surface area contributed by atoms with Gasteiger partial charge in [0.25, 0.3) is 0 Å². The van der Waals surface area contributed by atoms with E-state index in [1.54, 1.807) is 0 Å². The molecule has 0 amide bonds. The predicted octanol–water partition coefficient (Wildman–Crippen LogP) is 10.1. The van der Waals surface area contributed by atoms with Crippen LogP contribution in [0.25, 0.3) is 0 Å². The van der Waals surface area contributed by atoms with E-state index in [1.807, 2.05) is 6.07 Å². The second-order valence-electron chi connectivity index (χ2n) is 14.5. The van der Waals surface area contributed by atoms with Gasteiger partial charge in [0.15, 0.2) is 8.32 Å². The van der Waals surface area contributed by atoms with Crippen molar-refractivity contribution in [3.05, 3.63) is 58.2 Å². The molecular formula is C33H58O3Si2. The fourth-order valence-corrected chi connectivity index (χ4v) is 12.7. The van der Waals surface area contributed by atoms with E-state index in [9.17, 15) is 5.11 Å². The summed E-state index contributed by atoms with van der Waals surface area (Å²) >= 11 is 0. The average molecular weight is 559 g/mol. The number of aliphatic hydroxyl groups excluding tert-OH is 1. The van der Waals surface area contributed by atoms with E-state index in [0.717, 1.165) is 23.1 Å². The molecule has 1 aliphatic rings. The Kier molecular flexibility index (Phi) is 10.7. The molecule has 38 heavy (non-hydrogen) atoms. The maximum Gasteiger partial charge on any atom is 0.200 e. The predicted molar refractivity (Wildman–Crippen MR) is 170 cm³/mol. The summed E-state index contributed by atoms with van der Waals surface area (Å²) in [7, 11) is -3.91. The van der Waals surface area contributed by atoms with Crippen LogP contribution < -0.4 is 0 Å². The molecule has 1 aromatic carbocycles. The summed E-state index contributed by atoms with van der Waals surface area (Å²) in [6.45, 7) is 33.4. The number of allylic oxidation sites excluding steroid dienone is 2. The summed E-state index contributed by atoms with van der Waals surface area (Å²) in [6, 6.07) is 8.33. The summed E-state index contributed by atoms with van der Waals surface area (Å²) in [5, 5.41) is 12.1. The van der Waals surface area contributed by atoms with Gasteiger partial charge in [0, 0.05) is 5.41 Å². The highest BCUT2D eigenvalue weighted by Gasteiger charge is 2.45. The van der Waals surface area contributed by atoms with Crippen molar-refractivity contribution in [1.29, 1.82) is 0 Å². The van der Waals surface area contributed by atoms with Crippen molar-refractivity contribution in [2.75, 3.05) is 6.61 Å². The molecule has 0 spiro atoms. The van der Waals surface area contributed by atoms with Gasteiger partial charge >= 0.3 is 0 Å². The molecule has 1 aliphatic carbocycles. The van der Waals surface area contributed by atoms with Crippen LogP contribution in [0.4, 0.5) is 0 Å². The zero-order valence-electron chi connectivity index (χ0n) is 27.1. The first-order chi connectivity index (χ1) is 17.3. The van der Waals surface area contributed by atoms with Gasteiger partial charge in [-0.2, -0.15) is 0 Å². The normalized spacial score (nSPS) is 18.0. The smallest absolute Gasteiger partial charge is 0.200 e. The second-order valence-corrected chi connectivity index (χ2v) is 24.8. The van der Waals surface area contributed by atoms with E-state index in [4.69, 9.17) is 8.85 Å². The molecule has 0 fully saturated rings. The fourth-order valence-electron chi connectivity index (χ4n) is 6.38. The number of benzene rings is 1. The average Bonchev–Trinajstić information content (AvgIpc) is 2.77. The number of aliphatic hydroxyl groups is 1. The summed E-state index contributed by atoms with van der Waals surface area (Å²) in [5.41, 5.74) is 7.11. The van der Waals surface area contributed by atoms with Gasteiger partial charge in [-0.25, -0.2) is 0 Å². The van der Waals surface area contributed by atoms with Crippen molar-refractivity contribution in [3.63, 3.8) is 0 Å². The quantitative estimate of drug-likeness (QED) is 0.217. The number of hydrogen-bond acceptors (Lipinski definition) is 3. The van der Waals surface area contributed by atoms with E-state index >= 15 is 0 Å². The summed E-state index contributed by atoms with van der Waals surface area (Å²) < 4.78 is 13.7. The Morgan fingerprint density at radius 1 is 0.895 bits per heavy atom. The van der Waals surface area contributed by atoms with Crippen LogP contribution in [0.3, 0.4) is 0 Å². The molecule has 5 heteroatoms. The highest BCUT2D eigenvalue weighted by molar-refractivity contribution is 6.77. The molecule has 1 N–H and O–H groups in total. The van der Waals surface area contributed by atoms with Crippen LogP contribution in [0.5, 0.6) is 0 Å². The van der Waals surface area contributed by atoms with E-state index in [0.29, 0.717) is 29.8 Å². The number of rotatable bonds is 11. The maximum absolute atomic E-state index is 11.9. The Morgan fingerprint density at radius 3 is 1.92 bits per heavy atom. The molecule has 0 bridgehead atoms. The lowest BCUT2D eigenvalue weighted by Crippen LogP contribution is -2.47. The summed E-state index contributed by atoms with van der Waals surface area (Å²) in [5.74, 6) is 0. The third-order valence-corrected chi connectivity index (χ3v) is 20.4. The fraction of sp³-hybridized carbons (Fsp3) is 0.697. The van der Waals surface area contributed by atoms with Gasteiger partial charge in [-0.15, -0.1) is 0 Å². The number of hydrogen-bond donors (Lipinski definition) is 1. The Balaban J connectivity index is 2.37. The van der Waals surface area contributed by atoms with Gasteiger partial charge in [0.05, 0.1) is 13.2 Å². The zero-order valence-corrected chi connectivity index (χ0v) is 29.1. The monoisotopic (exact) mass is 558 g/mol. The van der Waals surface area contributed by atoms with Crippen molar-refractivity contribution in [2.45, 2.75) is 137 Å². The Labute approximate surface area is 237 Å². The van der Waals surface area contributed by atoms with Crippen LogP contribution in [-0.2, 0) is 15.5 Å². The molecule has 3 nitrogen and oxygen atoms in total. The standard InChI is InChI=1S/C33H58O3Si2/c1-23(2)38(24(3)4,25(5)6)36-21-27-17-15-16-18-28(27)31(34)29-20-19-26(7)30(33(29,11)12)22-35-37(13,14)32(8,9)10/h15-18,20,23-25,31,34H,19,21-22H2,1-14H3. The summed E-state index contributed by atoms with van der Waals surface area (Å²) in [4.78, 5) is 0. The highest BCUT2D eigenvalue weighted by Crippen LogP contribution is 2.48. The molecule has 2 rings (SSSR count).